The van der Waals surface area contributed by atoms with Gasteiger partial charge in [-0.3, -0.25) is 14.7 Å². The molecule has 2 saturated heterocycles. The molecule has 4 nitrogen and oxygen atoms in total. The Bertz CT molecular complexity index is 726. The van der Waals surface area contributed by atoms with E-state index in [-0.39, 0.29) is 0 Å². The van der Waals surface area contributed by atoms with Crippen LogP contribution in [0.25, 0.3) is 10.9 Å². The molecule has 1 aromatic carbocycles. The highest BCUT2D eigenvalue weighted by Crippen LogP contribution is 2.25. The van der Waals surface area contributed by atoms with Gasteiger partial charge in [0.15, 0.2) is 0 Å². The molecule has 0 spiro atoms. The summed E-state index contributed by atoms with van der Waals surface area (Å²) in [5.41, 5.74) is 2.43. The van der Waals surface area contributed by atoms with Crippen LogP contribution < -0.4 is 0 Å². The largest absolute Gasteiger partial charge is 0.343 e. The molecular formula is C21H27N3O. The van der Waals surface area contributed by atoms with Crippen LogP contribution in [0.3, 0.4) is 0 Å². The van der Waals surface area contributed by atoms with Gasteiger partial charge in [-0.05, 0) is 56.3 Å². The highest BCUT2D eigenvalue weighted by atomic mass is 16.2. The Morgan fingerprint density at radius 1 is 1.04 bits per heavy atom. The van der Waals surface area contributed by atoms with Gasteiger partial charge >= 0.3 is 0 Å². The summed E-state index contributed by atoms with van der Waals surface area (Å²) in [7, 11) is 0. The number of piperidine rings is 1. The second-order valence-corrected chi connectivity index (χ2v) is 7.50. The third kappa shape index (κ3) is 3.84. The standard InChI is InChI=1S/C21H27N3O/c25-20(24-11-1-2-12-24)15-17-8-13-23(14-9-17)16-19-6-3-5-18-7-4-10-22-21(18)19/h3-7,10,17H,1-2,8-9,11-16H2. The molecule has 0 bridgehead atoms. The average Bonchev–Trinajstić information content (AvgIpc) is 3.19. The summed E-state index contributed by atoms with van der Waals surface area (Å²) in [6.45, 7) is 5.08. The first kappa shape index (κ1) is 16.5. The van der Waals surface area contributed by atoms with E-state index in [9.17, 15) is 4.79 Å². The van der Waals surface area contributed by atoms with E-state index in [4.69, 9.17) is 0 Å². The molecule has 2 aromatic rings. The molecule has 4 heteroatoms. The van der Waals surface area contributed by atoms with Crippen LogP contribution >= 0.6 is 0 Å². The number of hydrogen-bond acceptors (Lipinski definition) is 3. The molecule has 25 heavy (non-hydrogen) atoms. The van der Waals surface area contributed by atoms with Gasteiger partial charge in [-0.25, -0.2) is 0 Å². The van der Waals surface area contributed by atoms with Gasteiger partial charge in [0.05, 0.1) is 5.52 Å². The Kier molecular flexibility index (Phi) is 4.97. The number of para-hydroxylation sites is 1. The van der Waals surface area contributed by atoms with Crippen molar-refractivity contribution >= 4 is 16.8 Å². The van der Waals surface area contributed by atoms with E-state index in [1.54, 1.807) is 0 Å². The van der Waals surface area contributed by atoms with Crippen molar-refractivity contribution in [2.24, 2.45) is 5.92 Å². The lowest BCUT2D eigenvalue weighted by Crippen LogP contribution is -2.36. The van der Waals surface area contributed by atoms with E-state index < -0.39 is 0 Å². The van der Waals surface area contributed by atoms with E-state index in [1.807, 2.05) is 12.3 Å². The molecule has 0 radical (unpaired) electrons. The minimum absolute atomic E-state index is 0.384. The molecule has 2 aliphatic heterocycles. The van der Waals surface area contributed by atoms with Gasteiger partial charge in [-0.1, -0.05) is 24.3 Å². The molecule has 2 fully saturated rings. The smallest absolute Gasteiger partial charge is 0.222 e. The maximum absolute atomic E-state index is 12.3. The zero-order valence-corrected chi connectivity index (χ0v) is 14.9. The van der Waals surface area contributed by atoms with Crippen LogP contribution in [0.15, 0.2) is 36.5 Å². The molecule has 0 saturated carbocycles. The minimum atomic E-state index is 0.384. The number of carbonyl (C=O) groups excluding carboxylic acids is 1. The summed E-state index contributed by atoms with van der Waals surface area (Å²) >= 11 is 0. The Labute approximate surface area is 149 Å². The van der Waals surface area contributed by atoms with Crippen LogP contribution in [0.5, 0.6) is 0 Å². The molecule has 1 amide bonds. The van der Waals surface area contributed by atoms with Gasteiger partial charge in [0.25, 0.3) is 0 Å². The Morgan fingerprint density at radius 2 is 1.80 bits per heavy atom. The van der Waals surface area contributed by atoms with Gasteiger partial charge in [-0.2, -0.15) is 0 Å². The SMILES string of the molecule is O=C(CC1CCN(Cc2cccc3cccnc23)CC1)N1CCCC1. The molecule has 4 rings (SSSR count). The minimum Gasteiger partial charge on any atom is -0.343 e. The number of hydrogen-bond donors (Lipinski definition) is 0. The summed E-state index contributed by atoms with van der Waals surface area (Å²) in [5, 5.41) is 1.21. The fourth-order valence-corrected chi connectivity index (χ4v) is 4.23. The van der Waals surface area contributed by atoms with Crippen LogP contribution in [0.1, 0.15) is 37.7 Å². The number of amides is 1. The van der Waals surface area contributed by atoms with Crippen molar-refractivity contribution < 1.29 is 4.79 Å². The van der Waals surface area contributed by atoms with Gasteiger partial charge in [0.2, 0.25) is 5.91 Å². The summed E-state index contributed by atoms with van der Waals surface area (Å²) < 4.78 is 0. The number of benzene rings is 1. The number of aromatic nitrogens is 1. The first-order valence-corrected chi connectivity index (χ1v) is 9.62. The summed E-state index contributed by atoms with van der Waals surface area (Å²) in [6, 6.07) is 10.6. The van der Waals surface area contributed by atoms with E-state index in [0.29, 0.717) is 11.8 Å². The van der Waals surface area contributed by atoms with Crippen LogP contribution in [0.2, 0.25) is 0 Å². The van der Waals surface area contributed by atoms with Gasteiger partial charge in [-0.15, -0.1) is 0 Å². The fourth-order valence-electron chi connectivity index (χ4n) is 4.23. The molecule has 3 heterocycles. The monoisotopic (exact) mass is 337 g/mol. The molecule has 0 N–H and O–H groups in total. The predicted molar refractivity (Wildman–Crippen MR) is 100 cm³/mol. The van der Waals surface area contributed by atoms with Crippen molar-refractivity contribution in [1.82, 2.24) is 14.8 Å². The number of likely N-dealkylation sites (tertiary alicyclic amines) is 2. The van der Waals surface area contributed by atoms with Gasteiger partial charge < -0.3 is 4.90 Å². The van der Waals surface area contributed by atoms with Crippen molar-refractivity contribution in [1.29, 1.82) is 0 Å². The first-order chi connectivity index (χ1) is 12.3. The first-order valence-electron chi connectivity index (χ1n) is 9.62. The summed E-state index contributed by atoms with van der Waals surface area (Å²) in [5.74, 6) is 0.948. The Hall–Kier alpha value is -1.94. The van der Waals surface area contributed by atoms with Crippen molar-refractivity contribution in [2.75, 3.05) is 26.2 Å². The summed E-state index contributed by atoms with van der Waals surface area (Å²) in [6.07, 6.45) is 7.27. The second kappa shape index (κ2) is 7.52. The van der Waals surface area contributed by atoms with Crippen LogP contribution in [0.4, 0.5) is 0 Å². The summed E-state index contributed by atoms with van der Waals surface area (Å²) in [4.78, 5) is 21.5. The second-order valence-electron chi connectivity index (χ2n) is 7.50. The third-order valence-electron chi connectivity index (χ3n) is 5.74. The molecule has 132 valence electrons. The van der Waals surface area contributed by atoms with Gasteiger partial charge in [0, 0.05) is 37.6 Å². The van der Waals surface area contributed by atoms with Crippen molar-refractivity contribution in [3.05, 3.63) is 42.1 Å². The van der Waals surface area contributed by atoms with E-state index >= 15 is 0 Å². The van der Waals surface area contributed by atoms with Crippen molar-refractivity contribution in [3.63, 3.8) is 0 Å². The fraction of sp³-hybridized carbons (Fsp3) is 0.524. The highest BCUT2D eigenvalue weighted by molar-refractivity contribution is 5.81. The van der Waals surface area contributed by atoms with Crippen LogP contribution in [0, 0.1) is 5.92 Å². The van der Waals surface area contributed by atoms with E-state index in [1.165, 1.54) is 23.8 Å². The van der Waals surface area contributed by atoms with Crippen molar-refractivity contribution in [2.45, 2.75) is 38.6 Å². The van der Waals surface area contributed by atoms with Crippen molar-refractivity contribution in [3.8, 4) is 0 Å². The number of nitrogens with zero attached hydrogens (tertiary/aromatic N) is 3. The number of carbonyl (C=O) groups is 1. The topological polar surface area (TPSA) is 36.4 Å². The molecular weight excluding hydrogens is 310 g/mol. The Balaban J connectivity index is 1.32. The number of pyridine rings is 1. The van der Waals surface area contributed by atoms with E-state index in [0.717, 1.165) is 57.5 Å². The van der Waals surface area contributed by atoms with Crippen LogP contribution in [-0.4, -0.2) is 46.9 Å². The molecule has 1 aromatic heterocycles. The number of fused-ring (bicyclic) bond motifs is 1. The van der Waals surface area contributed by atoms with Gasteiger partial charge in [0.1, 0.15) is 0 Å². The Morgan fingerprint density at radius 3 is 2.60 bits per heavy atom. The predicted octanol–water partition coefficient (Wildman–Crippen LogP) is 3.46. The van der Waals surface area contributed by atoms with E-state index in [2.05, 4.69) is 39.0 Å². The average molecular weight is 337 g/mol. The molecule has 2 aliphatic rings. The lowest BCUT2D eigenvalue weighted by Gasteiger charge is -2.32. The maximum Gasteiger partial charge on any atom is 0.222 e. The zero-order chi connectivity index (χ0) is 17.1. The maximum atomic E-state index is 12.3. The highest BCUT2D eigenvalue weighted by Gasteiger charge is 2.25. The molecule has 0 unspecified atom stereocenters. The normalized spacial score (nSPS) is 19.6. The molecule has 0 atom stereocenters. The third-order valence-corrected chi connectivity index (χ3v) is 5.74. The van der Waals surface area contributed by atoms with Crippen LogP contribution in [-0.2, 0) is 11.3 Å². The zero-order valence-electron chi connectivity index (χ0n) is 14.9. The lowest BCUT2D eigenvalue weighted by atomic mass is 9.92. The lowest BCUT2D eigenvalue weighted by molar-refractivity contribution is -0.131. The number of rotatable bonds is 4. The molecule has 0 aliphatic carbocycles. The quantitative estimate of drug-likeness (QED) is 0.857.